The first-order valence-electron chi connectivity index (χ1n) is 6.68. The van der Waals surface area contributed by atoms with Gasteiger partial charge in [0.05, 0.1) is 10.4 Å². The molecule has 0 aliphatic heterocycles. The molecule has 0 bridgehead atoms. The summed E-state index contributed by atoms with van der Waals surface area (Å²) in [5, 5.41) is 11.4. The highest BCUT2D eigenvalue weighted by atomic mass is 16.6. The van der Waals surface area contributed by atoms with Crippen molar-refractivity contribution >= 4 is 16.6 Å². The molecular formula is C16H13N3O2. The second kappa shape index (κ2) is 5.28. The normalized spacial score (nSPS) is 10.7. The monoisotopic (exact) mass is 279 g/mol. The zero-order valence-electron chi connectivity index (χ0n) is 11.5. The molecule has 1 heterocycles. The van der Waals surface area contributed by atoms with Crippen LogP contribution in [0.4, 0.5) is 5.69 Å². The minimum atomic E-state index is -0.419. The highest BCUT2D eigenvalue weighted by Crippen LogP contribution is 2.22. The maximum absolute atomic E-state index is 10.8. The van der Waals surface area contributed by atoms with Crippen LogP contribution >= 0.6 is 0 Å². The molecule has 1 aromatic heterocycles. The molecule has 0 aliphatic carbocycles. The van der Waals surface area contributed by atoms with Gasteiger partial charge in [-0.15, -0.1) is 0 Å². The molecule has 0 unspecified atom stereocenters. The standard InChI is InChI=1S/C16H13N3O2/c1-2-11-4-3-5-12(8-11)16-17-10-13-9-14(19(20)21)6-7-15(13)18-16/h3-10H,2H2,1H3. The second-order valence-corrected chi connectivity index (χ2v) is 4.75. The molecule has 3 aromatic rings. The summed E-state index contributed by atoms with van der Waals surface area (Å²) in [7, 11) is 0. The van der Waals surface area contributed by atoms with Crippen LogP contribution in [0, 0.1) is 10.1 Å². The molecule has 5 nitrogen and oxygen atoms in total. The third kappa shape index (κ3) is 2.58. The molecule has 0 aliphatic rings. The molecule has 0 N–H and O–H groups in total. The van der Waals surface area contributed by atoms with Crippen molar-refractivity contribution in [2.75, 3.05) is 0 Å². The van der Waals surface area contributed by atoms with Crippen molar-refractivity contribution < 1.29 is 4.92 Å². The first kappa shape index (κ1) is 13.2. The summed E-state index contributed by atoms with van der Waals surface area (Å²) in [6, 6.07) is 12.7. The average molecular weight is 279 g/mol. The van der Waals surface area contributed by atoms with E-state index in [2.05, 4.69) is 29.0 Å². The largest absolute Gasteiger partial charge is 0.270 e. The van der Waals surface area contributed by atoms with Gasteiger partial charge in [0.1, 0.15) is 0 Å². The second-order valence-electron chi connectivity index (χ2n) is 4.75. The van der Waals surface area contributed by atoms with E-state index in [1.54, 1.807) is 12.3 Å². The molecule has 0 spiro atoms. The number of nitrogens with zero attached hydrogens (tertiary/aromatic N) is 3. The summed E-state index contributed by atoms with van der Waals surface area (Å²) in [4.78, 5) is 19.2. The smallest absolute Gasteiger partial charge is 0.258 e. The van der Waals surface area contributed by atoms with Crippen molar-refractivity contribution in [3.63, 3.8) is 0 Å². The molecule has 3 rings (SSSR count). The van der Waals surface area contributed by atoms with Crippen LogP contribution in [0.1, 0.15) is 12.5 Å². The van der Waals surface area contributed by atoms with Crippen molar-refractivity contribution in [3.8, 4) is 11.4 Å². The van der Waals surface area contributed by atoms with Crippen LogP contribution in [-0.2, 0) is 6.42 Å². The van der Waals surface area contributed by atoms with Crippen molar-refractivity contribution in [2.24, 2.45) is 0 Å². The van der Waals surface area contributed by atoms with Crippen LogP contribution in [0.2, 0.25) is 0 Å². The Morgan fingerprint density at radius 3 is 2.81 bits per heavy atom. The fourth-order valence-electron chi connectivity index (χ4n) is 2.20. The highest BCUT2D eigenvalue weighted by Gasteiger charge is 2.09. The van der Waals surface area contributed by atoms with Gasteiger partial charge in [0.25, 0.3) is 5.69 Å². The third-order valence-corrected chi connectivity index (χ3v) is 3.37. The highest BCUT2D eigenvalue weighted by molar-refractivity contribution is 5.81. The summed E-state index contributed by atoms with van der Waals surface area (Å²) >= 11 is 0. The molecule has 0 saturated carbocycles. The predicted octanol–water partition coefficient (Wildman–Crippen LogP) is 3.77. The number of rotatable bonds is 3. The van der Waals surface area contributed by atoms with E-state index in [0.717, 1.165) is 12.0 Å². The fraction of sp³-hybridized carbons (Fsp3) is 0.125. The first-order chi connectivity index (χ1) is 10.2. The Bertz CT molecular complexity index is 831. The molecular weight excluding hydrogens is 266 g/mol. The Labute approximate surface area is 121 Å². The number of aryl methyl sites for hydroxylation is 1. The zero-order chi connectivity index (χ0) is 14.8. The molecule has 0 amide bonds. The van der Waals surface area contributed by atoms with Gasteiger partial charge in [-0.3, -0.25) is 10.1 Å². The van der Waals surface area contributed by atoms with Gasteiger partial charge in [0.2, 0.25) is 0 Å². The lowest BCUT2D eigenvalue weighted by Gasteiger charge is -2.04. The lowest BCUT2D eigenvalue weighted by atomic mass is 10.1. The average Bonchev–Trinajstić information content (AvgIpc) is 2.53. The molecule has 0 fully saturated rings. The minimum absolute atomic E-state index is 0.0480. The van der Waals surface area contributed by atoms with Gasteiger partial charge in [-0.25, -0.2) is 9.97 Å². The van der Waals surface area contributed by atoms with E-state index in [1.807, 2.05) is 12.1 Å². The number of non-ortho nitro benzene ring substituents is 1. The van der Waals surface area contributed by atoms with E-state index >= 15 is 0 Å². The molecule has 104 valence electrons. The van der Waals surface area contributed by atoms with Gasteiger partial charge in [-0.2, -0.15) is 0 Å². The summed E-state index contributed by atoms with van der Waals surface area (Å²) in [5.74, 6) is 0.631. The van der Waals surface area contributed by atoms with E-state index in [0.29, 0.717) is 16.7 Å². The van der Waals surface area contributed by atoms with Crippen molar-refractivity contribution in [1.29, 1.82) is 0 Å². The van der Waals surface area contributed by atoms with Crippen LogP contribution in [0.25, 0.3) is 22.3 Å². The molecule has 2 aromatic carbocycles. The van der Waals surface area contributed by atoms with Gasteiger partial charge in [0.15, 0.2) is 5.82 Å². The van der Waals surface area contributed by atoms with Gasteiger partial charge in [-0.1, -0.05) is 25.1 Å². The Morgan fingerprint density at radius 1 is 1.19 bits per heavy atom. The minimum Gasteiger partial charge on any atom is -0.258 e. The van der Waals surface area contributed by atoms with Gasteiger partial charge in [-0.05, 0) is 24.1 Å². The lowest BCUT2D eigenvalue weighted by Crippen LogP contribution is -1.93. The number of aromatic nitrogens is 2. The number of benzene rings is 2. The number of hydrogen-bond acceptors (Lipinski definition) is 4. The SMILES string of the molecule is CCc1cccc(-c2ncc3cc([N+](=O)[O-])ccc3n2)c1. The van der Waals surface area contributed by atoms with E-state index in [1.165, 1.54) is 17.7 Å². The molecule has 0 saturated heterocycles. The Balaban J connectivity index is 2.08. The van der Waals surface area contributed by atoms with Crippen LogP contribution in [0.5, 0.6) is 0 Å². The van der Waals surface area contributed by atoms with E-state index < -0.39 is 4.92 Å². The van der Waals surface area contributed by atoms with Crippen LogP contribution in [0.15, 0.2) is 48.7 Å². The first-order valence-corrected chi connectivity index (χ1v) is 6.68. The molecule has 0 atom stereocenters. The molecule has 0 radical (unpaired) electrons. The van der Waals surface area contributed by atoms with E-state index in [4.69, 9.17) is 0 Å². The van der Waals surface area contributed by atoms with Crippen molar-refractivity contribution in [3.05, 3.63) is 64.3 Å². The van der Waals surface area contributed by atoms with Gasteiger partial charge >= 0.3 is 0 Å². The number of nitro benzene ring substituents is 1. The number of hydrogen-bond donors (Lipinski definition) is 0. The number of fused-ring (bicyclic) bond motifs is 1. The fourth-order valence-corrected chi connectivity index (χ4v) is 2.20. The molecule has 21 heavy (non-hydrogen) atoms. The summed E-state index contributed by atoms with van der Waals surface area (Å²) in [6.45, 7) is 2.10. The van der Waals surface area contributed by atoms with E-state index in [9.17, 15) is 10.1 Å². The topological polar surface area (TPSA) is 68.9 Å². The zero-order valence-corrected chi connectivity index (χ0v) is 11.5. The van der Waals surface area contributed by atoms with Crippen molar-refractivity contribution in [2.45, 2.75) is 13.3 Å². The predicted molar refractivity (Wildman–Crippen MR) is 81.0 cm³/mol. The van der Waals surface area contributed by atoms with Crippen molar-refractivity contribution in [1.82, 2.24) is 9.97 Å². The maximum atomic E-state index is 10.8. The van der Waals surface area contributed by atoms with Gasteiger partial charge < -0.3 is 0 Å². The Hall–Kier alpha value is -2.82. The van der Waals surface area contributed by atoms with Crippen LogP contribution < -0.4 is 0 Å². The lowest BCUT2D eigenvalue weighted by molar-refractivity contribution is -0.384. The van der Waals surface area contributed by atoms with Crippen LogP contribution in [0.3, 0.4) is 0 Å². The maximum Gasteiger partial charge on any atom is 0.270 e. The summed E-state index contributed by atoms with van der Waals surface area (Å²) < 4.78 is 0. The van der Waals surface area contributed by atoms with Gasteiger partial charge in [0, 0.05) is 29.3 Å². The molecule has 5 heteroatoms. The quantitative estimate of drug-likeness (QED) is 0.540. The Morgan fingerprint density at radius 2 is 2.05 bits per heavy atom. The third-order valence-electron chi connectivity index (χ3n) is 3.37. The Kier molecular flexibility index (Phi) is 3.31. The van der Waals surface area contributed by atoms with Crippen LogP contribution in [-0.4, -0.2) is 14.9 Å². The number of nitro groups is 1. The summed E-state index contributed by atoms with van der Waals surface area (Å²) in [5.41, 5.74) is 2.92. The summed E-state index contributed by atoms with van der Waals surface area (Å²) in [6.07, 6.45) is 2.58. The van der Waals surface area contributed by atoms with E-state index in [-0.39, 0.29) is 5.69 Å².